The zero-order valence-corrected chi connectivity index (χ0v) is 14.1. The van der Waals surface area contributed by atoms with Crippen molar-refractivity contribution in [3.05, 3.63) is 69.5 Å². The summed E-state index contributed by atoms with van der Waals surface area (Å²) in [5, 5.41) is 2.50. The van der Waals surface area contributed by atoms with Crippen LogP contribution in [0.25, 0.3) is 11.3 Å². The van der Waals surface area contributed by atoms with Gasteiger partial charge in [-0.05, 0) is 19.1 Å². The smallest absolute Gasteiger partial charge is 0.254 e. The zero-order chi connectivity index (χ0) is 18.0. The highest BCUT2D eigenvalue weighted by molar-refractivity contribution is 7.09. The molecule has 25 heavy (non-hydrogen) atoms. The minimum Gasteiger partial charge on any atom is -0.483 e. The van der Waals surface area contributed by atoms with E-state index < -0.39 is 23.1 Å². The number of hydrogen-bond donors (Lipinski definition) is 1. The number of primary amides is 1. The summed E-state index contributed by atoms with van der Waals surface area (Å²) in [6.45, 7) is 2.00. The van der Waals surface area contributed by atoms with Gasteiger partial charge in [-0.1, -0.05) is 29.8 Å². The molecule has 0 aliphatic heterocycles. The topological polar surface area (TPSA) is 65.2 Å². The molecule has 2 aromatic carbocycles. The molecule has 0 unspecified atom stereocenters. The van der Waals surface area contributed by atoms with Gasteiger partial charge in [0, 0.05) is 10.9 Å². The van der Waals surface area contributed by atoms with Gasteiger partial charge in [-0.15, -0.1) is 11.3 Å². The summed E-state index contributed by atoms with van der Waals surface area (Å²) in [5.41, 5.74) is 7.09. The first-order valence-corrected chi connectivity index (χ1v) is 8.25. The number of carbonyl (C=O) groups excluding carboxylic acids is 1. The molecule has 0 aliphatic rings. The number of aryl methyl sites for hydroxylation is 1. The number of amides is 1. The summed E-state index contributed by atoms with van der Waals surface area (Å²) >= 11 is 1.36. The number of hydrogen-bond acceptors (Lipinski definition) is 4. The fourth-order valence-electron chi connectivity index (χ4n) is 2.24. The Bertz CT molecular complexity index is 923. The van der Waals surface area contributed by atoms with Gasteiger partial charge in [0.2, 0.25) is 0 Å². The number of ether oxygens (including phenoxy) is 1. The molecule has 1 amide bonds. The van der Waals surface area contributed by atoms with E-state index in [0.29, 0.717) is 5.01 Å². The van der Waals surface area contributed by atoms with E-state index >= 15 is 0 Å². The Morgan fingerprint density at radius 3 is 2.60 bits per heavy atom. The Morgan fingerprint density at radius 1 is 1.20 bits per heavy atom. The number of thiazole rings is 1. The van der Waals surface area contributed by atoms with E-state index in [1.165, 1.54) is 11.3 Å². The summed E-state index contributed by atoms with van der Waals surface area (Å²) in [7, 11) is 0. The van der Waals surface area contributed by atoms with Crippen LogP contribution >= 0.6 is 11.3 Å². The lowest BCUT2D eigenvalue weighted by Gasteiger charge is -2.08. The maximum Gasteiger partial charge on any atom is 0.254 e. The van der Waals surface area contributed by atoms with Gasteiger partial charge in [-0.2, -0.15) is 0 Å². The molecule has 2 N–H and O–H groups in total. The standard InChI is InChI=1S/C18H14F2N2O2S/c1-10-2-4-11(5-3-10)13-9-25-15(22-13)8-24-14-7-6-12(19)16(17(14)20)18(21)23/h2-7,9H,8H2,1H3,(H2,21,23). The van der Waals surface area contributed by atoms with Crippen molar-refractivity contribution in [1.82, 2.24) is 4.98 Å². The van der Waals surface area contributed by atoms with Crippen LogP contribution in [0.15, 0.2) is 41.8 Å². The Morgan fingerprint density at radius 2 is 1.92 bits per heavy atom. The van der Waals surface area contributed by atoms with Crippen LogP contribution in [0.2, 0.25) is 0 Å². The average molecular weight is 360 g/mol. The normalized spacial score (nSPS) is 10.7. The second-order valence-electron chi connectivity index (χ2n) is 5.38. The minimum absolute atomic E-state index is 0.00270. The number of nitrogens with two attached hydrogens (primary N) is 1. The maximum atomic E-state index is 14.1. The van der Waals surface area contributed by atoms with Crippen molar-refractivity contribution in [3.8, 4) is 17.0 Å². The number of benzene rings is 2. The Hall–Kier alpha value is -2.80. The van der Waals surface area contributed by atoms with Gasteiger partial charge >= 0.3 is 0 Å². The van der Waals surface area contributed by atoms with Crippen LogP contribution in [0.5, 0.6) is 5.75 Å². The molecular formula is C18H14F2N2O2S. The summed E-state index contributed by atoms with van der Waals surface area (Å²) in [5.74, 6) is -3.56. The molecule has 3 rings (SSSR count). The number of aromatic nitrogens is 1. The quantitative estimate of drug-likeness (QED) is 0.746. The average Bonchev–Trinajstić information content (AvgIpc) is 3.03. The van der Waals surface area contributed by atoms with Crippen molar-refractivity contribution in [2.75, 3.05) is 0 Å². The third-order valence-corrected chi connectivity index (χ3v) is 4.37. The van der Waals surface area contributed by atoms with Gasteiger partial charge in [0.1, 0.15) is 23.0 Å². The van der Waals surface area contributed by atoms with Crippen molar-refractivity contribution in [2.24, 2.45) is 5.73 Å². The molecule has 0 fully saturated rings. The number of nitrogens with zero attached hydrogens (tertiary/aromatic N) is 1. The van der Waals surface area contributed by atoms with Crippen molar-refractivity contribution in [2.45, 2.75) is 13.5 Å². The van der Waals surface area contributed by atoms with Gasteiger partial charge < -0.3 is 10.5 Å². The lowest BCUT2D eigenvalue weighted by molar-refractivity contribution is 0.0991. The first-order valence-electron chi connectivity index (χ1n) is 7.37. The van der Waals surface area contributed by atoms with Gasteiger partial charge in [-0.3, -0.25) is 4.79 Å². The highest BCUT2D eigenvalue weighted by Crippen LogP contribution is 2.26. The molecule has 7 heteroatoms. The van der Waals surface area contributed by atoms with Crippen molar-refractivity contribution in [3.63, 3.8) is 0 Å². The largest absolute Gasteiger partial charge is 0.483 e. The van der Waals surface area contributed by atoms with Crippen molar-refractivity contribution >= 4 is 17.2 Å². The van der Waals surface area contributed by atoms with Crippen molar-refractivity contribution < 1.29 is 18.3 Å². The summed E-state index contributed by atoms with van der Waals surface area (Å²) in [6.07, 6.45) is 0. The number of rotatable bonds is 5. The van der Waals surface area contributed by atoms with E-state index in [-0.39, 0.29) is 12.4 Å². The second-order valence-corrected chi connectivity index (χ2v) is 6.32. The van der Waals surface area contributed by atoms with Crippen LogP contribution in [0.4, 0.5) is 8.78 Å². The Labute approximate surface area is 146 Å². The SMILES string of the molecule is Cc1ccc(-c2csc(COc3ccc(F)c(C(N)=O)c3F)n2)cc1. The van der Waals surface area contributed by atoms with Crippen LogP contribution in [0.3, 0.4) is 0 Å². The fraction of sp³-hybridized carbons (Fsp3) is 0.111. The third-order valence-electron chi connectivity index (χ3n) is 3.55. The van der Waals surface area contributed by atoms with Crippen LogP contribution in [-0.2, 0) is 6.61 Å². The molecule has 1 aromatic heterocycles. The molecule has 0 aliphatic carbocycles. The molecule has 0 atom stereocenters. The zero-order valence-electron chi connectivity index (χ0n) is 13.3. The van der Waals surface area contributed by atoms with E-state index in [9.17, 15) is 13.6 Å². The van der Waals surface area contributed by atoms with E-state index in [4.69, 9.17) is 10.5 Å². The lowest BCUT2D eigenvalue weighted by atomic mass is 10.1. The molecule has 1 heterocycles. The first-order chi connectivity index (χ1) is 12.0. The molecule has 0 spiro atoms. The minimum atomic E-state index is -1.18. The molecule has 3 aromatic rings. The van der Waals surface area contributed by atoms with Crippen molar-refractivity contribution in [1.29, 1.82) is 0 Å². The Balaban J connectivity index is 1.76. The Kier molecular flexibility index (Phi) is 4.76. The molecule has 0 saturated heterocycles. The molecular weight excluding hydrogens is 346 g/mol. The monoisotopic (exact) mass is 360 g/mol. The predicted molar refractivity (Wildman–Crippen MR) is 91.5 cm³/mol. The summed E-state index contributed by atoms with van der Waals surface area (Å²) < 4.78 is 32.9. The highest BCUT2D eigenvalue weighted by Gasteiger charge is 2.19. The highest BCUT2D eigenvalue weighted by atomic mass is 32.1. The van der Waals surface area contributed by atoms with Crippen LogP contribution in [0.1, 0.15) is 20.9 Å². The van der Waals surface area contributed by atoms with Crippen LogP contribution in [-0.4, -0.2) is 10.9 Å². The molecule has 128 valence electrons. The van der Waals surface area contributed by atoms with E-state index in [1.807, 2.05) is 36.6 Å². The molecule has 0 bridgehead atoms. The van der Waals surface area contributed by atoms with Gasteiger partial charge in [0.25, 0.3) is 5.91 Å². The van der Waals surface area contributed by atoms with E-state index in [1.54, 1.807) is 0 Å². The summed E-state index contributed by atoms with van der Waals surface area (Å²) in [4.78, 5) is 15.6. The first kappa shape index (κ1) is 17.0. The fourth-order valence-corrected chi connectivity index (χ4v) is 2.96. The predicted octanol–water partition coefficient (Wildman–Crippen LogP) is 4.07. The van der Waals surface area contributed by atoms with Crippen LogP contribution < -0.4 is 10.5 Å². The molecule has 0 saturated carbocycles. The molecule has 0 radical (unpaired) electrons. The maximum absolute atomic E-state index is 14.1. The second kappa shape index (κ2) is 6.98. The van der Waals surface area contributed by atoms with Gasteiger partial charge in [0.15, 0.2) is 11.6 Å². The van der Waals surface area contributed by atoms with E-state index in [2.05, 4.69) is 4.98 Å². The van der Waals surface area contributed by atoms with E-state index in [0.717, 1.165) is 29.0 Å². The van der Waals surface area contributed by atoms with Gasteiger partial charge in [0.05, 0.1) is 5.69 Å². The third kappa shape index (κ3) is 3.66. The summed E-state index contributed by atoms with van der Waals surface area (Å²) in [6, 6.07) is 9.97. The number of halogens is 2. The van der Waals surface area contributed by atoms with Crippen LogP contribution in [0, 0.1) is 18.6 Å². The lowest BCUT2D eigenvalue weighted by Crippen LogP contribution is -2.16. The number of carbonyl (C=O) groups is 1. The molecule has 4 nitrogen and oxygen atoms in total. The van der Waals surface area contributed by atoms with Gasteiger partial charge in [-0.25, -0.2) is 13.8 Å².